The van der Waals surface area contributed by atoms with Crippen LogP contribution in [-0.4, -0.2) is 101 Å². The molecule has 2 aromatic rings. The maximum atomic E-state index is 13.5. The van der Waals surface area contributed by atoms with Crippen molar-refractivity contribution in [3.8, 4) is 17.0 Å². The minimum Gasteiger partial charge on any atom is -0.489 e. The number of aromatic nitrogens is 1. The van der Waals surface area contributed by atoms with Crippen molar-refractivity contribution < 1.29 is 33.8 Å². The van der Waals surface area contributed by atoms with E-state index >= 15 is 0 Å². The summed E-state index contributed by atoms with van der Waals surface area (Å²) in [6.45, 7) is 1.41. The second kappa shape index (κ2) is 12.9. The van der Waals surface area contributed by atoms with E-state index in [1.54, 1.807) is 47.5 Å². The molecular weight excluding hydrogens is 520 g/mol. The highest BCUT2D eigenvalue weighted by atomic mass is 16.5. The molecule has 13 nitrogen and oxygen atoms in total. The number of nitrogens with one attached hydrogen (secondary N) is 3. The summed E-state index contributed by atoms with van der Waals surface area (Å²) in [6, 6.07) is 9.05. The Hall–Kier alpha value is -4.68. The topological polar surface area (TPSA) is 170 Å². The molecule has 13 heteroatoms. The molecule has 1 aromatic carbocycles. The highest BCUT2D eigenvalue weighted by molar-refractivity contribution is 5.94. The third kappa shape index (κ3) is 7.24. The Bertz CT molecular complexity index is 1270. The average Bonchev–Trinajstić information content (AvgIpc) is 3.32. The number of carboxylic acids is 1. The van der Waals surface area contributed by atoms with Gasteiger partial charge in [0.15, 0.2) is 0 Å². The van der Waals surface area contributed by atoms with Crippen LogP contribution in [-0.2, 0) is 14.4 Å². The van der Waals surface area contributed by atoms with Gasteiger partial charge in [-0.2, -0.15) is 0 Å². The van der Waals surface area contributed by atoms with Crippen molar-refractivity contribution in [2.24, 2.45) is 0 Å². The number of carbonyl (C=O) groups excluding carboxylic acids is 4. The maximum absolute atomic E-state index is 13.5. The number of urea groups is 1. The number of carboxylic acid groups (broad SMARTS) is 1. The SMILES string of the molecule is CC(=O)N[C@H]1C[C@H]2COc3cccnc3-c3ccc(cc3)C(=O)NCCN(C(=O)NCCC(=O)O)CC(=O)N2C1. The van der Waals surface area contributed by atoms with E-state index in [-0.39, 0.29) is 69.5 Å². The summed E-state index contributed by atoms with van der Waals surface area (Å²) in [5, 5.41) is 17.0. The molecule has 1 fully saturated rings. The molecule has 0 radical (unpaired) electrons. The van der Waals surface area contributed by atoms with Gasteiger partial charge in [-0.05, 0) is 30.7 Å². The minimum atomic E-state index is -1.07. The second-order valence-electron chi connectivity index (χ2n) is 9.62. The van der Waals surface area contributed by atoms with E-state index in [9.17, 15) is 24.0 Å². The van der Waals surface area contributed by atoms with Crippen molar-refractivity contribution in [1.82, 2.24) is 30.7 Å². The van der Waals surface area contributed by atoms with Gasteiger partial charge in [0.1, 0.15) is 24.6 Å². The van der Waals surface area contributed by atoms with Crippen LogP contribution in [0.2, 0.25) is 0 Å². The number of benzene rings is 1. The lowest BCUT2D eigenvalue weighted by atomic mass is 10.1. The van der Waals surface area contributed by atoms with Crippen molar-refractivity contribution in [2.45, 2.75) is 31.8 Å². The monoisotopic (exact) mass is 552 g/mol. The molecule has 3 aliphatic heterocycles. The minimum absolute atomic E-state index is 0.00790. The standard InChI is InChI=1S/C27H32N6O7/c1-17(34)31-20-13-21-16-40-22-3-2-9-28-25(22)18-4-6-19(7-5-18)26(38)29-11-12-32(15-23(35)33(21)14-20)27(39)30-10-8-24(36)37/h2-7,9,20-21H,8,10-16H2,1H3,(H,29,38)(H,30,39)(H,31,34)(H,36,37)/t20-,21-/m0/s1. The molecule has 2 bridgehead atoms. The fourth-order valence-corrected chi connectivity index (χ4v) is 4.76. The molecule has 212 valence electrons. The third-order valence-corrected chi connectivity index (χ3v) is 6.66. The molecule has 0 aliphatic carbocycles. The first-order valence-electron chi connectivity index (χ1n) is 13.0. The Kier molecular flexibility index (Phi) is 9.15. The number of ether oxygens (including phenoxy) is 1. The third-order valence-electron chi connectivity index (χ3n) is 6.66. The van der Waals surface area contributed by atoms with Gasteiger partial charge in [0.25, 0.3) is 5.91 Å². The molecule has 0 spiro atoms. The number of pyridine rings is 1. The van der Waals surface area contributed by atoms with E-state index in [0.717, 1.165) is 5.56 Å². The zero-order chi connectivity index (χ0) is 28.6. The number of aliphatic carboxylic acids is 1. The van der Waals surface area contributed by atoms with E-state index in [2.05, 4.69) is 20.9 Å². The molecule has 5 amide bonds. The highest BCUT2D eigenvalue weighted by Gasteiger charge is 2.37. The van der Waals surface area contributed by atoms with Crippen LogP contribution in [0.5, 0.6) is 5.75 Å². The molecule has 0 unspecified atom stereocenters. The quantitative estimate of drug-likeness (QED) is 0.424. The van der Waals surface area contributed by atoms with Crippen LogP contribution in [0, 0.1) is 0 Å². The Morgan fingerprint density at radius 1 is 1.15 bits per heavy atom. The van der Waals surface area contributed by atoms with Gasteiger partial charge in [-0.3, -0.25) is 24.2 Å². The van der Waals surface area contributed by atoms with Crippen molar-refractivity contribution >= 4 is 29.7 Å². The molecule has 4 N–H and O–H groups in total. The van der Waals surface area contributed by atoms with Crippen molar-refractivity contribution in [1.29, 1.82) is 0 Å². The maximum Gasteiger partial charge on any atom is 0.317 e. The average molecular weight is 553 g/mol. The molecule has 5 rings (SSSR count). The molecule has 2 atom stereocenters. The van der Waals surface area contributed by atoms with Crippen LogP contribution < -0.4 is 20.7 Å². The van der Waals surface area contributed by atoms with Crippen LogP contribution in [0.1, 0.15) is 30.1 Å². The first kappa shape index (κ1) is 28.3. The number of rotatable bonds is 4. The predicted octanol–water partition coefficient (Wildman–Crippen LogP) is 0.463. The fourth-order valence-electron chi connectivity index (χ4n) is 4.76. The molecule has 3 aliphatic rings. The van der Waals surface area contributed by atoms with Crippen LogP contribution in [0.15, 0.2) is 42.6 Å². The van der Waals surface area contributed by atoms with Gasteiger partial charge in [-0.25, -0.2) is 4.79 Å². The lowest BCUT2D eigenvalue weighted by Gasteiger charge is -2.29. The van der Waals surface area contributed by atoms with Crippen LogP contribution in [0.25, 0.3) is 11.3 Å². The first-order chi connectivity index (χ1) is 19.2. The smallest absolute Gasteiger partial charge is 0.317 e. The Morgan fingerprint density at radius 2 is 1.90 bits per heavy atom. The van der Waals surface area contributed by atoms with Gasteiger partial charge < -0.3 is 35.6 Å². The molecule has 4 heterocycles. The summed E-state index contributed by atoms with van der Waals surface area (Å²) in [6.07, 6.45) is 1.82. The summed E-state index contributed by atoms with van der Waals surface area (Å²) in [5.41, 5.74) is 1.73. The van der Waals surface area contributed by atoms with Gasteiger partial charge in [0, 0.05) is 56.5 Å². The second-order valence-corrected chi connectivity index (χ2v) is 9.62. The number of hydrogen-bond acceptors (Lipinski definition) is 7. The summed E-state index contributed by atoms with van der Waals surface area (Å²) in [5.74, 6) is -1.52. The zero-order valence-electron chi connectivity index (χ0n) is 22.1. The molecule has 0 saturated carbocycles. The van der Waals surface area contributed by atoms with Crippen molar-refractivity contribution in [3.63, 3.8) is 0 Å². The zero-order valence-corrected chi connectivity index (χ0v) is 22.1. The summed E-state index contributed by atoms with van der Waals surface area (Å²) in [7, 11) is 0. The van der Waals surface area contributed by atoms with Crippen molar-refractivity contribution in [3.05, 3.63) is 48.2 Å². The number of fused-ring (bicyclic) bond motifs is 9. The summed E-state index contributed by atoms with van der Waals surface area (Å²) >= 11 is 0. The number of nitrogens with zero attached hydrogens (tertiary/aromatic N) is 3. The molecule has 1 aromatic heterocycles. The largest absolute Gasteiger partial charge is 0.489 e. The van der Waals surface area contributed by atoms with E-state index in [4.69, 9.17) is 9.84 Å². The molecule has 1 saturated heterocycles. The summed E-state index contributed by atoms with van der Waals surface area (Å²) in [4.78, 5) is 69.0. The summed E-state index contributed by atoms with van der Waals surface area (Å²) < 4.78 is 6.16. The van der Waals surface area contributed by atoms with Crippen LogP contribution in [0.3, 0.4) is 0 Å². The van der Waals surface area contributed by atoms with Gasteiger partial charge in [0.2, 0.25) is 11.8 Å². The predicted molar refractivity (Wildman–Crippen MR) is 142 cm³/mol. The normalized spacial score (nSPS) is 19.5. The Labute approximate surface area is 230 Å². The van der Waals surface area contributed by atoms with Crippen LogP contribution in [0.4, 0.5) is 4.79 Å². The van der Waals surface area contributed by atoms with E-state index < -0.39 is 18.0 Å². The Balaban J connectivity index is 1.62. The van der Waals surface area contributed by atoms with E-state index in [0.29, 0.717) is 23.4 Å². The first-order valence-corrected chi connectivity index (χ1v) is 13.0. The Morgan fingerprint density at radius 3 is 2.62 bits per heavy atom. The fraction of sp³-hybridized carbons (Fsp3) is 0.407. The molecule has 40 heavy (non-hydrogen) atoms. The number of hydrogen-bond donors (Lipinski definition) is 4. The van der Waals surface area contributed by atoms with E-state index in [1.165, 1.54) is 11.8 Å². The van der Waals surface area contributed by atoms with Crippen molar-refractivity contribution in [2.75, 3.05) is 39.3 Å². The van der Waals surface area contributed by atoms with Gasteiger partial charge in [-0.15, -0.1) is 0 Å². The lowest BCUT2D eigenvalue weighted by Crippen LogP contribution is -2.51. The number of carbonyl (C=O) groups is 5. The van der Waals surface area contributed by atoms with Gasteiger partial charge in [0.05, 0.1) is 12.5 Å². The van der Waals surface area contributed by atoms with Gasteiger partial charge in [-0.1, -0.05) is 12.1 Å². The number of amides is 5. The van der Waals surface area contributed by atoms with Gasteiger partial charge >= 0.3 is 12.0 Å². The van der Waals surface area contributed by atoms with E-state index in [1.807, 2.05) is 0 Å². The lowest BCUT2D eigenvalue weighted by molar-refractivity contribution is -0.137. The van der Waals surface area contributed by atoms with Crippen LogP contribution >= 0.6 is 0 Å². The highest BCUT2D eigenvalue weighted by Crippen LogP contribution is 2.29. The molecular formula is C27H32N6O7.